The third-order valence-corrected chi connectivity index (χ3v) is 7.15. The highest BCUT2D eigenvalue weighted by Gasteiger charge is 2.28. The van der Waals surface area contributed by atoms with Gasteiger partial charge in [0.05, 0.1) is 6.04 Å². The van der Waals surface area contributed by atoms with Gasteiger partial charge in [0.25, 0.3) is 5.91 Å². The number of carbonyl (C=O) groups is 1. The van der Waals surface area contributed by atoms with Gasteiger partial charge in [-0.25, -0.2) is 0 Å². The number of amides is 1. The van der Waals surface area contributed by atoms with Crippen LogP contribution in [-0.4, -0.2) is 52.0 Å². The predicted octanol–water partition coefficient (Wildman–Crippen LogP) is 5.20. The number of aryl methyl sites for hydroxylation is 1. The van der Waals surface area contributed by atoms with Crippen molar-refractivity contribution >= 4 is 17.2 Å². The van der Waals surface area contributed by atoms with Crippen molar-refractivity contribution in [3.05, 3.63) is 87.9 Å². The summed E-state index contributed by atoms with van der Waals surface area (Å²) < 4.78 is 11.4. The second-order valence-corrected chi connectivity index (χ2v) is 9.75. The van der Waals surface area contributed by atoms with Crippen molar-refractivity contribution in [3.63, 3.8) is 0 Å². The highest BCUT2D eigenvalue weighted by molar-refractivity contribution is 7.09. The first-order chi connectivity index (χ1) is 17.1. The minimum Gasteiger partial charge on any atom is -0.488 e. The number of piperazine rings is 1. The van der Waals surface area contributed by atoms with Crippen LogP contribution in [0.1, 0.15) is 39.7 Å². The molecule has 0 N–H and O–H groups in total. The zero-order valence-corrected chi connectivity index (χ0v) is 20.7. The third-order valence-electron chi connectivity index (χ3n) is 6.30. The number of hydrogen-bond donors (Lipinski definition) is 0. The first kappa shape index (κ1) is 23.3. The normalized spacial score (nSPS) is 15.2. The molecule has 7 nitrogen and oxygen atoms in total. The van der Waals surface area contributed by atoms with Gasteiger partial charge >= 0.3 is 0 Å². The lowest BCUT2D eigenvalue weighted by molar-refractivity contribution is 0.0551. The molecule has 1 aliphatic heterocycles. The van der Waals surface area contributed by atoms with Gasteiger partial charge in [0, 0.05) is 42.2 Å². The molecule has 1 fully saturated rings. The fraction of sp³-hybridized carbons (Fsp3) is 0.296. The summed E-state index contributed by atoms with van der Waals surface area (Å²) in [7, 11) is 0. The van der Waals surface area contributed by atoms with E-state index in [0.717, 1.165) is 23.5 Å². The standard InChI is InChI=1S/C27H28N4O3S/c1-19-8-10-21(11-9-19)25-28-26(34-29-25)20(2)30-12-14-31(15-13-30)27(32)22-5-3-6-23(17-22)33-18-24-7-4-16-35-24/h3-11,16-17,20H,12-15,18H2,1-2H3. The fourth-order valence-electron chi connectivity index (χ4n) is 4.14. The number of rotatable bonds is 7. The average Bonchev–Trinajstić information content (AvgIpc) is 3.60. The Kier molecular flexibility index (Phi) is 6.92. The molecule has 1 aliphatic rings. The number of benzene rings is 2. The van der Waals surface area contributed by atoms with Gasteiger partial charge in [-0.3, -0.25) is 9.69 Å². The predicted molar refractivity (Wildman–Crippen MR) is 135 cm³/mol. The molecule has 0 saturated carbocycles. The van der Waals surface area contributed by atoms with Crippen molar-refractivity contribution in [2.75, 3.05) is 26.2 Å². The molecule has 180 valence electrons. The molecule has 5 rings (SSSR count). The van der Waals surface area contributed by atoms with E-state index in [-0.39, 0.29) is 11.9 Å². The van der Waals surface area contributed by atoms with Crippen molar-refractivity contribution in [2.45, 2.75) is 26.5 Å². The number of hydrogen-bond acceptors (Lipinski definition) is 7. The Labute approximate surface area is 209 Å². The van der Waals surface area contributed by atoms with Crippen molar-refractivity contribution in [1.29, 1.82) is 0 Å². The van der Waals surface area contributed by atoms with Gasteiger partial charge in [-0.15, -0.1) is 11.3 Å². The van der Waals surface area contributed by atoms with Crippen LogP contribution < -0.4 is 4.74 Å². The van der Waals surface area contributed by atoms with Crippen LogP contribution in [0.15, 0.2) is 70.6 Å². The highest BCUT2D eigenvalue weighted by atomic mass is 32.1. The van der Waals surface area contributed by atoms with Gasteiger partial charge in [0.15, 0.2) is 0 Å². The quantitative estimate of drug-likeness (QED) is 0.356. The van der Waals surface area contributed by atoms with E-state index in [1.54, 1.807) is 11.3 Å². The summed E-state index contributed by atoms with van der Waals surface area (Å²) in [6.07, 6.45) is 0. The summed E-state index contributed by atoms with van der Waals surface area (Å²) in [4.78, 5) is 23.1. The number of carbonyl (C=O) groups excluding carboxylic acids is 1. The Morgan fingerprint density at radius 2 is 1.89 bits per heavy atom. The van der Waals surface area contributed by atoms with Crippen LogP contribution in [0.3, 0.4) is 0 Å². The largest absolute Gasteiger partial charge is 0.488 e. The van der Waals surface area contributed by atoms with Crippen LogP contribution >= 0.6 is 11.3 Å². The van der Waals surface area contributed by atoms with Gasteiger partial charge in [0.1, 0.15) is 12.4 Å². The van der Waals surface area contributed by atoms with E-state index >= 15 is 0 Å². The van der Waals surface area contributed by atoms with E-state index in [0.29, 0.717) is 42.7 Å². The summed E-state index contributed by atoms with van der Waals surface area (Å²) in [5.74, 6) is 1.92. The Hall–Kier alpha value is -3.49. The van der Waals surface area contributed by atoms with Crippen molar-refractivity contribution < 1.29 is 14.1 Å². The van der Waals surface area contributed by atoms with Crippen LogP contribution in [0, 0.1) is 6.92 Å². The monoisotopic (exact) mass is 488 g/mol. The minimum absolute atomic E-state index is 0.0204. The summed E-state index contributed by atoms with van der Waals surface area (Å²) in [5.41, 5.74) is 2.78. The molecular weight excluding hydrogens is 460 g/mol. The molecule has 4 aromatic rings. The number of ether oxygens (including phenoxy) is 1. The Bertz CT molecular complexity index is 1260. The maximum atomic E-state index is 13.1. The molecular formula is C27H28N4O3S. The lowest BCUT2D eigenvalue weighted by Gasteiger charge is -2.36. The number of thiophene rings is 1. The molecule has 0 bridgehead atoms. The summed E-state index contributed by atoms with van der Waals surface area (Å²) >= 11 is 1.66. The molecule has 0 spiro atoms. The van der Waals surface area contributed by atoms with Gasteiger partial charge in [-0.1, -0.05) is 47.1 Å². The number of nitrogens with zero attached hydrogens (tertiary/aromatic N) is 4. The van der Waals surface area contributed by atoms with Gasteiger partial charge in [-0.05, 0) is 43.5 Å². The molecule has 1 saturated heterocycles. The van der Waals surface area contributed by atoms with E-state index in [1.807, 2.05) is 70.9 Å². The van der Waals surface area contributed by atoms with Crippen LogP contribution in [-0.2, 0) is 6.61 Å². The van der Waals surface area contributed by atoms with Crippen molar-refractivity contribution in [3.8, 4) is 17.1 Å². The maximum Gasteiger partial charge on any atom is 0.254 e. The smallest absolute Gasteiger partial charge is 0.254 e. The van der Waals surface area contributed by atoms with Gasteiger partial charge < -0.3 is 14.2 Å². The van der Waals surface area contributed by atoms with E-state index < -0.39 is 0 Å². The third kappa shape index (κ3) is 5.44. The van der Waals surface area contributed by atoms with Crippen LogP contribution in [0.2, 0.25) is 0 Å². The SMILES string of the molecule is Cc1ccc(-c2noc(C(C)N3CCN(C(=O)c4cccc(OCc5cccs5)c4)CC3)n2)cc1. The lowest BCUT2D eigenvalue weighted by atomic mass is 10.1. The molecule has 3 heterocycles. The molecule has 2 aromatic heterocycles. The second-order valence-electron chi connectivity index (χ2n) is 8.72. The molecule has 1 amide bonds. The highest BCUT2D eigenvalue weighted by Crippen LogP contribution is 2.25. The van der Waals surface area contributed by atoms with Crippen LogP contribution in [0.5, 0.6) is 5.75 Å². The molecule has 1 unspecified atom stereocenters. The van der Waals surface area contributed by atoms with E-state index in [9.17, 15) is 4.79 Å². The van der Waals surface area contributed by atoms with E-state index in [4.69, 9.17) is 9.26 Å². The van der Waals surface area contributed by atoms with Gasteiger partial charge in [0.2, 0.25) is 11.7 Å². The zero-order chi connectivity index (χ0) is 24.2. The molecule has 2 aromatic carbocycles. The first-order valence-corrected chi connectivity index (χ1v) is 12.6. The minimum atomic E-state index is -0.0204. The maximum absolute atomic E-state index is 13.1. The summed E-state index contributed by atoms with van der Waals surface area (Å²) in [6, 6.07) is 19.5. The Balaban J connectivity index is 1.17. The van der Waals surface area contributed by atoms with Crippen LogP contribution in [0.25, 0.3) is 11.4 Å². The summed E-state index contributed by atoms with van der Waals surface area (Å²) in [6.45, 7) is 7.39. The topological polar surface area (TPSA) is 71.7 Å². The Morgan fingerprint density at radius 3 is 2.63 bits per heavy atom. The molecule has 35 heavy (non-hydrogen) atoms. The van der Waals surface area contributed by atoms with Crippen molar-refractivity contribution in [2.24, 2.45) is 0 Å². The lowest BCUT2D eigenvalue weighted by Crippen LogP contribution is -2.49. The number of aromatic nitrogens is 2. The average molecular weight is 489 g/mol. The molecule has 0 aliphatic carbocycles. The van der Waals surface area contributed by atoms with E-state index in [2.05, 4.69) is 28.9 Å². The van der Waals surface area contributed by atoms with E-state index in [1.165, 1.54) is 5.56 Å². The Morgan fingerprint density at radius 1 is 1.09 bits per heavy atom. The molecule has 0 radical (unpaired) electrons. The van der Waals surface area contributed by atoms with Crippen molar-refractivity contribution in [1.82, 2.24) is 19.9 Å². The van der Waals surface area contributed by atoms with Gasteiger partial charge in [-0.2, -0.15) is 4.98 Å². The summed E-state index contributed by atoms with van der Waals surface area (Å²) in [5, 5.41) is 6.19. The zero-order valence-electron chi connectivity index (χ0n) is 19.9. The molecule has 1 atom stereocenters. The first-order valence-electron chi connectivity index (χ1n) is 11.8. The second kappa shape index (κ2) is 10.4. The fourth-order valence-corrected chi connectivity index (χ4v) is 4.76. The van der Waals surface area contributed by atoms with Crippen LogP contribution in [0.4, 0.5) is 0 Å². The molecule has 8 heteroatoms.